The molecule has 0 atom stereocenters. The number of nitrogens with zero attached hydrogens (tertiary/aromatic N) is 1. The highest BCUT2D eigenvalue weighted by molar-refractivity contribution is 6.30. The van der Waals surface area contributed by atoms with Crippen molar-refractivity contribution in [2.45, 2.75) is 0 Å². The predicted octanol–water partition coefficient (Wildman–Crippen LogP) is 3.99. The van der Waals surface area contributed by atoms with Crippen molar-refractivity contribution in [2.75, 3.05) is 0 Å². The van der Waals surface area contributed by atoms with Gasteiger partial charge in [-0.05, 0) is 18.2 Å². The van der Waals surface area contributed by atoms with Gasteiger partial charge in [0.25, 0.3) is 0 Å². The smallest absolute Gasteiger partial charge is 0.305 e. The van der Waals surface area contributed by atoms with Crippen molar-refractivity contribution >= 4 is 23.6 Å². The third-order valence-corrected chi connectivity index (χ3v) is 2.68. The molecule has 0 N–H and O–H groups in total. The van der Waals surface area contributed by atoms with Crippen LogP contribution in [-0.4, -0.2) is 11.2 Å². The molecule has 0 heterocycles. The molecule has 102 valence electrons. The first kappa shape index (κ1) is 14.0. The monoisotopic (exact) mass is 295 g/mol. The van der Waals surface area contributed by atoms with E-state index in [1.807, 2.05) is 0 Å². The van der Waals surface area contributed by atoms with Gasteiger partial charge in [-0.3, -0.25) is 14.9 Å². The molecule has 0 aliphatic rings. The molecular weight excluding hydrogens is 289 g/mol. The fraction of sp³-hybridized carbons (Fsp3) is 0. The Labute approximate surface area is 117 Å². The zero-order valence-electron chi connectivity index (χ0n) is 9.88. The molecule has 20 heavy (non-hydrogen) atoms. The Bertz CT molecular complexity index is 690. The van der Waals surface area contributed by atoms with E-state index in [4.69, 9.17) is 16.3 Å². The van der Waals surface area contributed by atoms with Crippen LogP contribution in [-0.2, 0) is 0 Å². The number of hydrogen-bond acceptors (Lipinski definition) is 4. The first-order valence-corrected chi connectivity index (χ1v) is 5.75. The molecule has 5 nitrogen and oxygen atoms in total. The molecule has 2 aromatic carbocycles. The Morgan fingerprint density at radius 3 is 2.60 bits per heavy atom. The fourth-order valence-corrected chi connectivity index (χ4v) is 1.68. The summed E-state index contributed by atoms with van der Waals surface area (Å²) in [6.07, 6.45) is 0.563. The lowest BCUT2D eigenvalue weighted by molar-refractivity contribution is -0.387. The van der Waals surface area contributed by atoms with E-state index in [-0.39, 0.29) is 17.1 Å². The second kappa shape index (κ2) is 5.66. The lowest BCUT2D eigenvalue weighted by atomic mass is 10.2. The average Bonchev–Trinajstić information content (AvgIpc) is 2.38. The van der Waals surface area contributed by atoms with E-state index in [9.17, 15) is 19.3 Å². The number of ether oxygens (including phenoxy) is 1. The number of nitro benzene ring substituents is 1. The number of benzene rings is 2. The van der Waals surface area contributed by atoms with E-state index in [0.29, 0.717) is 11.3 Å². The van der Waals surface area contributed by atoms with E-state index < -0.39 is 16.4 Å². The fourth-order valence-electron chi connectivity index (χ4n) is 1.52. The van der Waals surface area contributed by atoms with Crippen molar-refractivity contribution in [2.24, 2.45) is 0 Å². The first-order chi connectivity index (χ1) is 9.51. The number of carbonyl (C=O) groups excluding carboxylic acids is 1. The Morgan fingerprint density at radius 1 is 1.25 bits per heavy atom. The van der Waals surface area contributed by atoms with Crippen LogP contribution in [0.1, 0.15) is 10.4 Å². The molecule has 0 radical (unpaired) electrons. The van der Waals surface area contributed by atoms with Crippen molar-refractivity contribution < 1.29 is 18.8 Å². The van der Waals surface area contributed by atoms with E-state index >= 15 is 0 Å². The molecule has 0 aromatic heterocycles. The number of halogens is 2. The van der Waals surface area contributed by atoms with Crippen LogP contribution in [0.4, 0.5) is 10.1 Å². The summed E-state index contributed by atoms with van der Waals surface area (Å²) in [5.74, 6) is -0.860. The van der Waals surface area contributed by atoms with Crippen molar-refractivity contribution in [3.63, 3.8) is 0 Å². The number of carbonyl (C=O) groups is 1. The maximum atomic E-state index is 13.4. The van der Waals surface area contributed by atoms with Crippen LogP contribution in [0.25, 0.3) is 0 Å². The summed E-state index contributed by atoms with van der Waals surface area (Å²) in [5, 5.41) is 10.8. The van der Waals surface area contributed by atoms with Gasteiger partial charge >= 0.3 is 5.69 Å². The van der Waals surface area contributed by atoms with Crippen LogP contribution in [0.15, 0.2) is 36.4 Å². The summed E-state index contributed by atoms with van der Waals surface area (Å²) >= 11 is 5.78. The minimum absolute atomic E-state index is 0.0264. The van der Waals surface area contributed by atoms with Crippen LogP contribution < -0.4 is 4.74 Å². The molecule has 2 rings (SSSR count). The predicted molar refractivity (Wildman–Crippen MR) is 70.0 cm³/mol. The van der Waals surface area contributed by atoms with E-state index in [0.717, 1.165) is 12.1 Å². The van der Waals surface area contributed by atoms with E-state index in [2.05, 4.69) is 0 Å². The highest BCUT2D eigenvalue weighted by atomic mass is 35.5. The molecule has 2 aromatic rings. The van der Waals surface area contributed by atoms with Gasteiger partial charge in [-0.15, -0.1) is 0 Å². The number of nitro groups is 1. The first-order valence-electron chi connectivity index (χ1n) is 5.38. The lowest BCUT2D eigenvalue weighted by Gasteiger charge is -2.08. The van der Waals surface area contributed by atoms with Crippen LogP contribution in [0.5, 0.6) is 11.5 Å². The molecule has 0 saturated carbocycles. The maximum absolute atomic E-state index is 13.4. The highest BCUT2D eigenvalue weighted by Gasteiger charge is 2.15. The molecule has 7 heteroatoms. The van der Waals surface area contributed by atoms with Crippen molar-refractivity contribution in [3.05, 3.63) is 62.9 Å². The summed E-state index contributed by atoms with van der Waals surface area (Å²) in [6.45, 7) is 0. The second-order valence-corrected chi connectivity index (χ2v) is 4.21. The zero-order chi connectivity index (χ0) is 14.7. The van der Waals surface area contributed by atoms with E-state index in [1.54, 1.807) is 0 Å². The molecule has 0 saturated heterocycles. The molecule has 0 bridgehead atoms. The molecular formula is C13H7ClFNO4. The zero-order valence-corrected chi connectivity index (χ0v) is 10.6. The van der Waals surface area contributed by atoms with Gasteiger partial charge in [-0.25, -0.2) is 0 Å². The SMILES string of the molecule is O=Cc1ccc(Cl)cc1Oc1ccc([N+](=O)[O-])c(F)c1. The van der Waals surface area contributed by atoms with Gasteiger partial charge in [0.05, 0.1) is 10.5 Å². The topological polar surface area (TPSA) is 69.4 Å². The van der Waals surface area contributed by atoms with Crippen LogP contribution in [0.3, 0.4) is 0 Å². The Hall–Kier alpha value is -2.47. The Balaban J connectivity index is 2.35. The largest absolute Gasteiger partial charge is 0.456 e. The quantitative estimate of drug-likeness (QED) is 0.486. The van der Waals surface area contributed by atoms with Gasteiger partial charge in [0.2, 0.25) is 5.82 Å². The summed E-state index contributed by atoms with van der Waals surface area (Å²) in [6, 6.07) is 7.44. The summed E-state index contributed by atoms with van der Waals surface area (Å²) in [5.41, 5.74) is -0.424. The minimum atomic E-state index is -1.03. The van der Waals surface area contributed by atoms with Crippen LogP contribution >= 0.6 is 11.6 Å². The third kappa shape index (κ3) is 2.92. The number of rotatable bonds is 4. The number of aldehydes is 1. The van der Waals surface area contributed by atoms with Crippen LogP contribution in [0, 0.1) is 15.9 Å². The van der Waals surface area contributed by atoms with Gasteiger partial charge in [0, 0.05) is 23.2 Å². The molecule has 0 aliphatic carbocycles. The molecule has 0 unspecified atom stereocenters. The molecule has 0 spiro atoms. The summed E-state index contributed by atoms with van der Waals surface area (Å²) < 4.78 is 18.8. The number of hydrogen-bond donors (Lipinski definition) is 0. The highest BCUT2D eigenvalue weighted by Crippen LogP contribution is 2.30. The third-order valence-electron chi connectivity index (χ3n) is 2.45. The molecule has 0 amide bonds. The molecule has 0 aliphatic heterocycles. The average molecular weight is 296 g/mol. The van der Waals surface area contributed by atoms with Gasteiger partial charge in [-0.1, -0.05) is 11.6 Å². The van der Waals surface area contributed by atoms with Crippen molar-refractivity contribution in [3.8, 4) is 11.5 Å². The molecule has 0 fully saturated rings. The summed E-state index contributed by atoms with van der Waals surface area (Å²) in [7, 11) is 0. The van der Waals surface area contributed by atoms with Gasteiger partial charge in [-0.2, -0.15) is 4.39 Å². The Morgan fingerprint density at radius 2 is 2.00 bits per heavy atom. The van der Waals surface area contributed by atoms with E-state index in [1.165, 1.54) is 24.3 Å². The normalized spacial score (nSPS) is 10.1. The van der Waals surface area contributed by atoms with Crippen molar-refractivity contribution in [1.82, 2.24) is 0 Å². The van der Waals surface area contributed by atoms with Gasteiger partial charge in [0.1, 0.15) is 11.5 Å². The lowest BCUT2D eigenvalue weighted by Crippen LogP contribution is -1.94. The maximum Gasteiger partial charge on any atom is 0.305 e. The Kier molecular flexibility index (Phi) is 3.95. The standard InChI is InChI=1S/C13H7ClFNO4/c14-9-2-1-8(7-17)13(5-9)20-10-3-4-12(16(18)19)11(15)6-10/h1-7H. The minimum Gasteiger partial charge on any atom is -0.456 e. The van der Waals surface area contributed by atoms with Crippen molar-refractivity contribution in [1.29, 1.82) is 0 Å². The van der Waals surface area contributed by atoms with Gasteiger partial charge < -0.3 is 4.74 Å². The second-order valence-electron chi connectivity index (χ2n) is 3.77. The summed E-state index contributed by atoms with van der Waals surface area (Å²) in [4.78, 5) is 20.5. The van der Waals surface area contributed by atoms with Crippen LogP contribution in [0.2, 0.25) is 5.02 Å². The van der Waals surface area contributed by atoms with Gasteiger partial charge in [0.15, 0.2) is 6.29 Å².